The van der Waals surface area contributed by atoms with E-state index in [-0.39, 0.29) is 5.92 Å². The number of aryl methyl sites for hydroxylation is 1. The van der Waals surface area contributed by atoms with Crippen molar-refractivity contribution in [1.29, 1.82) is 0 Å². The van der Waals surface area contributed by atoms with E-state index in [1.807, 2.05) is 12.1 Å². The van der Waals surface area contributed by atoms with Crippen LogP contribution in [0.4, 0.5) is 0 Å². The Morgan fingerprint density at radius 3 is 2.79 bits per heavy atom. The van der Waals surface area contributed by atoms with Gasteiger partial charge in [-0.2, -0.15) is 0 Å². The van der Waals surface area contributed by atoms with Gasteiger partial charge in [0.1, 0.15) is 5.78 Å². The minimum atomic E-state index is 0.209. The highest BCUT2D eigenvalue weighted by Gasteiger charge is 2.24. The van der Waals surface area contributed by atoms with Crippen LogP contribution in [0.5, 0.6) is 11.5 Å². The number of methoxy groups -OCH3 is 1. The highest BCUT2D eigenvalue weighted by Crippen LogP contribution is 2.29. The van der Waals surface area contributed by atoms with Gasteiger partial charge in [-0.15, -0.1) is 0 Å². The molecule has 1 fully saturated rings. The SMILES string of the molecule is CCc1ccc(OCCC2CCCC2=O)c(OC)c1. The molecule has 1 atom stereocenters. The standard InChI is InChI=1S/C16H22O3/c1-3-12-7-8-15(16(11-12)18-2)19-10-9-13-5-4-6-14(13)17/h7-8,11,13H,3-6,9-10H2,1-2H3. The van der Waals surface area contributed by atoms with Crippen LogP contribution in [0.2, 0.25) is 0 Å². The van der Waals surface area contributed by atoms with Gasteiger partial charge in [0.25, 0.3) is 0 Å². The Balaban J connectivity index is 1.90. The van der Waals surface area contributed by atoms with Crippen molar-refractivity contribution in [1.82, 2.24) is 0 Å². The minimum absolute atomic E-state index is 0.209. The van der Waals surface area contributed by atoms with Gasteiger partial charge in [-0.05, 0) is 43.4 Å². The molecule has 0 amide bonds. The predicted molar refractivity (Wildman–Crippen MR) is 74.8 cm³/mol. The van der Waals surface area contributed by atoms with E-state index in [9.17, 15) is 4.79 Å². The van der Waals surface area contributed by atoms with Gasteiger partial charge < -0.3 is 9.47 Å². The number of carbonyl (C=O) groups excluding carboxylic acids is 1. The number of carbonyl (C=O) groups is 1. The lowest BCUT2D eigenvalue weighted by Gasteiger charge is -2.13. The number of hydrogen-bond acceptors (Lipinski definition) is 3. The number of ketones is 1. The van der Waals surface area contributed by atoms with Gasteiger partial charge in [0.05, 0.1) is 13.7 Å². The molecule has 0 aromatic heterocycles. The normalized spacial score (nSPS) is 18.6. The summed E-state index contributed by atoms with van der Waals surface area (Å²) in [4.78, 5) is 11.5. The second-order valence-corrected chi connectivity index (χ2v) is 5.03. The van der Waals surface area contributed by atoms with Crippen LogP contribution in [0.15, 0.2) is 18.2 Å². The summed E-state index contributed by atoms with van der Waals surface area (Å²) >= 11 is 0. The molecule has 0 aliphatic heterocycles. The van der Waals surface area contributed by atoms with Crippen molar-refractivity contribution >= 4 is 5.78 Å². The molecule has 3 heteroatoms. The number of Topliss-reactive ketones (excluding diaryl/α,β-unsaturated/α-hetero) is 1. The van der Waals surface area contributed by atoms with Crippen molar-refractivity contribution in [2.24, 2.45) is 5.92 Å². The molecule has 1 aromatic carbocycles. The molecule has 1 aliphatic rings. The number of ether oxygens (including phenoxy) is 2. The summed E-state index contributed by atoms with van der Waals surface area (Å²) in [6, 6.07) is 6.02. The molecule has 104 valence electrons. The van der Waals surface area contributed by atoms with Crippen molar-refractivity contribution in [3.8, 4) is 11.5 Å². The Hall–Kier alpha value is -1.51. The molecule has 19 heavy (non-hydrogen) atoms. The summed E-state index contributed by atoms with van der Waals surface area (Å²) in [5.74, 6) is 2.15. The van der Waals surface area contributed by atoms with Crippen LogP contribution >= 0.6 is 0 Å². The second kappa shape index (κ2) is 6.60. The first-order valence-electron chi connectivity index (χ1n) is 7.07. The van der Waals surface area contributed by atoms with Crippen LogP contribution in [-0.2, 0) is 11.2 Å². The maximum absolute atomic E-state index is 11.5. The predicted octanol–water partition coefficient (Wildman–Crippen LogP) is 3.40. The minimum Gasteiger partial charge on any atom is -0.493 e. The molecule has 0 spiro atoms. The maximum atomic E-state index is 11.5. The van der Waals surface area contributed by atoms with Crippen LogP contribution in [0.1, 0.15) is 38.2 Å². The smallest absolute Gasteiger partial charge is 0.161 e. The Kier molecular flexibility index (Phi) is 4.83. The van der Waals surface area contributed by atoms with E-state index >= 15 is 0 Å². The van der Waals surface area contributed by atoms with Gasteiger partial charge in [0.2, 0.25) is 0 Å². The van der Waals surface area contributed by atoms with E-state index in [1.54, 1.807) is 7.11 Å². The van der Waals surface area contributed by atoms with E-state index in [0.29, 0.717) is 12.4 Å². The zero-order chi connectivity index (χ0) is 13.7. The van der Waals surface area contributed by atoms with Gasteiger partial charge in [0.15, 0.2) is 11.5 Å². The summed E-state index contributed by atoms with van der Waals surface area (Å²) in [5.41, 5.74) is 1.23. The fourth-order valence-corrected chi connectivity index (χ4v) is 2.56. The van der Waals surface area contributed by atoms with E-state index in [1.165, 1.54) is 5.56 Å². The van der Waals surface area contributed by atoms with E-state index in [0.717, 1.165) is 43.6 Å². The molecule has 3 nitrogen and oxygen atoms in total. The monoisotopic (exact) mass is 262 g/mol. The van der Waals surface area contributed by atoms with Crippen molar-refractivity contribution in [3.63, 3.8) is 0 Å². The second-order valence-electron chi connectivity index (χ2n) is 5.03. The molecule has 0 radical (unpaired) electrons. The van der Waals surface area contributed by atoms with E-state index < -0.39 is 0 Å². The molecule has 1 unspecified atom stereocenters. The van der Waals surface area contributed by atoms with Crippen LogP contribution < -0.4 is 9.47 Å². The van der Waals surface area contributed by atoms with Crippen LogP contribution in [0.3, 0.4) is 0 Å². The summed E-state index contributed by atoms with van der Waals surface area (Å²) in [6.45, 7) is 2.69. The molecule has 0 N–H and O–H groups in total. The summed E-state index contributed by atoms with van der Waals surface area (Å²) in [6.07, 6.45) is 4.61. The molecule has 1 saturated carbocycles. The molecule has 0 heterocycles. The van der Waals surface area contributed by atoms with Gasteiger partial charge >= 0.3 is 0 Å². The third-order valence-corrected chi connectivity index (χ3v) is 3.79. The van der Waals surface area contributed by atoms with E-state index in [4.69, 9.17) is 9.47 Å². The Labute approximate surface area is 114 Å². The molecule has 1 aliphatic carbocycles. The lowest BCUT2D eigenvalue weighted by Crippen LogP contribution is -2.11. The molecular formula is C16H22O3. The quantitative estimate of drug-likeness (QED) is 0.788. The van der Waals surface area contributed by atoms with Crippen molar-refractivity contribution in [3.05, 3.63) is 23.8 Å². The maximum Gasteiger partial charge on any atom is 0.161 e. The van der Waals surface area contributed by atoms with Gasteiger partial charge in [-0.3, -0.25) is 4.79 Å². The van der Waals surface area contributed by atoms with Crippen molar-refractivity contribution in [2.45, 2.75) is 39.0 Å². The number of benzene rings is 1. The highest BCUT2D eigenvalue weighted by molar-refractivity contribution is 5.82. The summed E-state index contributed by atoms with van der Waals surface area (Å²) in [7, 11) is 1.65. The zero-order valence-electron chi connectivity index (χ0n) is 11.8. The summed E-state index contributed by atoms with van der Waals surface area (Å²) in [5, 5.41) is 0. The Morgan fingerprint density at radius 2 is 2.16 bits per heavy atom. The fourth-order valence-electron chi connectivity index (χ4n) is 2.56. The number of rotatable bonds is 6. The van der Waals surface area contributed by atoms with Gasteiger partial charge in [-0.25, -0.2) is 0 Å². The van der Waals surface area contributed by atoms with Crippen LogP contribution in [0.25, 0.3) is 0 Å². The summed E-state index contributed by atoms with van der Waals surface area (Å²) < 4.78 is 11.1. The topological polar surface area (TPSA) is 35.5 Å². The average Bonchev–Trinajstić information content (AvgIpc) is 2.84. The first-order valence-corrected chi connectivity index (χ1v) is 7.07. The molecule has 0 bridgehead atoms. The Bertz CT molecular complexity index is 440. The molecule has 2 rings (SSSR count). The molecule has 1 aromatic rings. The lowest BCUT2D eigenvalue weighted by atomic mass is 10.0. The fraction of sp³-hybridized carbons (Fsp3) is 0.562. The van der Waals surface area contributed by atoms with E-state index in [2.05, 4.69) is 13.0 Å². The molecule has 0 saturated heterocycles. The first kappa shape index (κ1) is 13.9. The zero-order valence-corrected chi connectivity index (χ0v) is 11.8. The van der Waals surface area contributed by atoms with Crippen LogP contribution in [0, 0.1) is 5.92 Å². The third-order valence-electron chi connectivity index (χ3n) is 3.79. The molecular weight excluding hydrogens is 240 g/mol. The highest BCUT2D eigenvalue weighted by atomic mass is 16.5. The first-order chi connectivity index (χ1) is 9.24. The largest absolute Gasteiger partial charge is 0.493 e. The lowest BCUT2D eigenvalue weighted by molar-refractivity contribution is -0.121. The van der Waals surface area contributed by atoms with Gasteiger partial charge in [0, 0.05) is 12.3 Å². The van der Waals surface area contributed by atoms with Crippen LogP contribution in [-0.4, -0.2) is 19.5 Å². The third kappa shape index (κ3) is 3.49. The number of hydrogen-bond donors (Lipinski definition) is 0. The Morgan fingerprint density at radius 1 is 1.32 bits per heavy atom. The van der Waals surface area contributed by atoms with Crippen molar-refractivity contribution < 1.29 is 14.3 Å². The average molecular weight is 262 g/mol. The van der Waals surface area contributed by atoms with Crippen molar-refractivity contribution in [2.75, 3.05) is 13.7 Å². The van der Waals surface area contributed by atoms with Gasteiger partial charge in [-0.1, -0.05) is 13.0 Å².